The first kappa shape index (κ1) is 19.9. The van der Waals surface area contributed by atoms with Gasteiger partial charge in [0.25, 0.3) is 5.91 Å². The highest BCUT2D eigenvalue weighted by Gasteiger charge is 2.29. The number of nitrogens with zero attached hydrogens (tertiary/aromatic N) is 2. The summed E-state index contributed by atoms with van der Waals surface area (Å²) >= 11 is 1.99. The molecule has 0 bridgehead atoms. The summed E-state index contributed by atoms with van der Waals surface area (Å²) in [6.07, 6.45) is 2.27. The number of likely N-dealkylation sites (tertiary alicyclic amines) is 1. The van der Waals surface area contributed by atoms with E-state index in [1.807, 2.05) is 22.6 Å². The third-order valence-corrected chi connectivity index (χ3v) is 4.90. The summed E-state index contributed by atoms with van der Waals surface area (Å²) < 4.78 is 34.1. The lowest BCUT2D eigenvalue weighted by molar-refractivity contribution is 0.0693. The maximum atomic E-state index is 14.3. The molecule has 1 aromatic carbocycles. The molecule has 1 aromatic heterocycles. The summed E-state index contributed by atoms with van der Waals surface area (Å²) in [6, 6.07) is 4.52. The predicted molar refractivity (Wildman–Crippen MR) is 106 cm³/mol. The number of methoxy groups -OCH3 is 1. The van der Waals surface area contributed by atoms with Crippen LogP contribution < -0.4 is 10.6 Å². The minimum absolute atomic E-state index is 0.0650. The Morgan fingerprint density at radius 2 is 2.07 bits per heavy atom. The van der Waals surface area contributed by atoms with Crippen LogP contribution in [0.25, 0.3) is 0 Å². The van der Waals surface area contributed by atoms with Crippen LogP contribution in [-0.2, 0) is 4.74 Å². The molecule has 0 saturated carbocycles. The van der Waals surface area contributed by atoms with Gasteiger partial charge in [0.2, 0.25) is 0 Å². The number of hydrogen-bond acceptors (Lipinski definition) is 5. The molecule has 0 unspecified atom stereocenters. The first-order valence-electron chi connectivity index (χ1n) is 8.35. The number of carbonyl (C=O) groups is 1. The molecule has 2 aromatic rings. The number of pyridine rings is 1. The molecule has 1 saturated heterocycles. The third kappa shape index (κ3) is 4.90. The Morgan fingerprint density at radius 1 is 1.30 bits per heavy atom. The average molecular weight is 488 g/mol. The largest absolute Gasteiger partial charge is 0.383 e. The topological polar surface area (TPSA) is 66.5 Å². The van der Waals surface area contributed by atoms with Crippen molar-refractivity contribution in [1.82, 2.24) is 15.2 Å². The number of nitrogens with one attached hydrogen (secondary N) is 2. The quantitative estimate of drug-likeness (QED) is 0.588. The van der Waals surface area contributed by atoms with Crippen molar-refractivity contribution in [3.8, 4) is 0 Å². The Balaban J connectivity index is 1.71. The zero-order valence-corrected chi connectivity index (χ0v) is 16.8. The van der Waals surface area contributed by atoms with Crippen LogP contribution in [0, 0.1) is 15.2 Å². The van der Waals surface area contributed by atoms with Gasteiger partial charge in [0.1, 0.15) is 11.4 Å². The second-order valence-electron chi connectivity index (χ2n) is 6.22. The molecule has 3 rings (SSSR count). The number of halogens is 3. The monoisotopic (exact) mass is 488 g/mol. The lowest BCUT2D eigenvalue weighted by Crippen LogP contribution is -2.59. The lowest BCUT2D eigenvalue weighted by Gasteiger charge is -2.39. The van der Waals surface area contributed by atoms with Crippen LogP contribution in [0.15, 0.2) is 30.6 Å². The number of hydrogen-bond donors (Lipinski definition) is 2. The van der Waals surface area contributed by atoms with Gasteiger partial charge in [0.15, 0.2) is 5.82 Å². The van der Waals surface area contributed by atoms with Crippen LogP contribution in [0.2, 0.25) is 0 Å². The molecule has 0 spiro atoms. The Morgan fingerprint density at radius 3 is 2.78 bits per heavy atom. The summed E-state index contributed by atoms with van der Waals surface area (Å²) in [7, 11) is 1.64. The van der Waals surface area contributed by atoms with Crippen molar-refractivity contribution >= 4 is 39.9 Å². The molecule has 2 N–H and O–H groups in total. The van der Waals surface area contributed by atoms with Crippen LogP contribution in [-0.4, -0.2) is 55.2 Å². The molecule has 1 aliphatic rings. The van der Waals surface area contributed by atoms with Crippen molar-refractivity contribution in [3.63, 3.8) is 0 Å². The van der Waals surface area contributed by atoms with Crippen molar-refractivity contribution in [2.24, 2.45) is 0 Å². The van der Waals surface area contributed by atoms with Gasteiger partial charge in [0, 0.05) is 30.3 Å². The van der Waals surface area contributed by atoms with Gasteiger partial charge in [-0.05, 0) is 40.8 Å². The van der Waals surface area contributed by atoms with Crippen molar-refractivity contribution in [1.29, 1.82) is 0 Å². The van der Waals surface area contributed by atoms with Gasteiger partial charge in [0.05, 0.1) is 36.4 Å². The fraction of sp³-hybridized carbons (Fsp3) is 0.333. The minimum Gasteiger partial charge on any atom is -0.383 e. The van der Waals surface area contributed by atoms with E-state index in [9.17, 15) is 13.6 Å². The number of rotatable bonds is 7. The third-order valence-electron chi connectivity index (χ3n) is 4.23. The molecule has 1 fully saturated rings. The molecule has 0 aliphatic carbocycles. The normalized spacial score (nSPS) is 14.7. The Hall–Kier alpha value is -1.85. The predicted octanol–water partition coefficient (Wildman–Crippen LogP) is 2.77. The van der Waals surface area contributed by atoms with Crippen LogP contribution in [0.5, 0.6) is 0 Å². The number of amides is 1. The fourth-order valence-electron chi connectivity index (χ4n) is 2.82. The van der Waals surface area contributed by atoms with E-state index in [0.717, 1.165) is 16.3 Å². The van der Waals surface area contributed by atoms with E-state index < -0.39 is 17.5 Å². The standard InChI is InChI=1S/C18H19F2IN4O2/c1-27-5-4-25-9-12(10-25)23-18(26)17-14(20)7-22-8-16(17)24-15-3-2-11(21)6-13(15)19/h2-3,6-8,12,24H,4-5,9-10H2,1H3,(H,23,26). The van der Waals surface area contributed by atoms with Gasteiger partial charge < -0.3 is 15.4 Å². The van der Waals surface area contributed by atoms with E-state index in [2.05, 4.69) is 20.5 Å². The van der Waals surface area contributed by atoms with E-state index in [-0.39, 0.29) is 23.0 Å². The molecule has 27 heavy (non-hydrogen) atoms. The number of anilines is 2. The van der Waals surface area contributed by atoms with Crippen molar-refractivity contribution < 1.29 is 18.3 Å². The zero-order chi connectivity index (χ0) is 19.4. The van der Waals surface area contributed by atoms with Gasteiger partial charge in [-0.2, -0.15) is 0 Å². The van der Waals surface area contributed by atoms with Gasteiger partial charge in [-0.1, -0.05) is 0 Å². The highest BCUT2D eigenvalue weighted by molar-refractivity contribution is 14.1. The lowest BCUT2D eigenvalue weighted by atomic mass is 10.1. The summed E-state index contributed by atoms with van der Waals surface area (Å²) in [5.74, 6) is -1.82. The molecule has 0 radical (unpaired) electrons. The van der Waals surface area contributed by atoms with Crippen LogP contribution in [0.1, 0.15) is 10.4 Å². The summed E-state index contributed by atoms with van der Waals surface area (Å²) in [4.78, 5) is 18.5. The fourth-order valence-corrected chi connectivity index (χ4v) is 3.27. The van der Waals surface area contributed by atoms with Crippen molar-refractivity contribution in [2.75, 3.05) is 38.7 Å². The first-order valence-corrected chi connectivity index (χ1v) is 9.43. The van der Waals surface area contributed by atoms with Gasteiger partial charge in [-0.15, -0.1) is 0 Å². The summed E-state index contributed by atoms with van der Waals surface area (Å²) in [6.45, 7) is 2.76. The van der Waals surface area contributed by atoms with E-state index in [1.54, 1.807) is 13.2 Å². The molecular formula is C18H19F2IN4O2. The molecule has 0 atom stereocenters. The van der Waals surface area contributed by atoms with Gasteiger partial charge in [-0.25, -0.2) is 8.78 Å². The highest BCUT2D eigenvalue weighted by Crippen LogP contribution is 2.25. The van der Waals surface area contributed by atoms with E-state index in [4.69, 9.17) is 4.74 Å². The first-order chi connectivity index (χ1) is 13.0. The highest BCUT2D eigenvalue weighted by atomic mass is 127. The maximum Gasteiger partial charge on any atom is 0.256 e. The molecule has 6 nitrogen and oxygen atoms in total. The Bertz CT molecular complexity index is 831. The van der Waals surface area contributed by atoms with E-state index >= 15 is 0 Å². The maximum absolute atomic E-state index is 14.3. The Labute approximate surface area is 169 Å². The smallest absolute Gasteiger partial charge is 0.256 e. The van der Waals surface area contributed by atoms with Crippen LogP contribution in [0.3, 0.4) is 0 Å². The number of benzene rings is 1. The van der Waals surface area contributed by atoms with Crippen LogP contribution in [0.4, 0.5) is 20.2 Å². The average Bonchev–Trinajstić information content (AvgIpc) is 2.59. The summed E-state index contributed by atoms with van der Waals surface area (Å²) in [5.41, 5.74) is 0.0766. The molecule has 2 heterocycles. The van der Waals surface area contributed by atoms with Gasteiger partial charge in [-0.3, -0.25) is 14.7 Å². The molecular weight excluding hydrogens is 469 g/mol. The SMILES string of the molecule is COCCN1CC(NC(=O)c2c(F)cncc2Nc2ccc(I)cc2F)C1. The van der Waals surface area contributed by atoms with Crippen molar-refractivity contribution in [3.05, 3.63) is 51.4 Å². The number of carbonyl (C=O) groups excluding carboxylic acids is 1. The summed E-state index contributed by atoms with van der Waals surface area (Å²) in [5, 5.41) is 5.57. The second kappa shape index (κ2) is 8.89. The second-order valence-corrected chi connectivity index (χ2v) is 7.46. The minimum atomic E-state index is -0.765. The van der Waals surface area contributed by atoms with Crippen LogP contribution >= 0.6 is 22.6 Å². The zero-order valence-electron chi connectivity index (χ0n) is 14.6. The number of aromatic nitrogens is 1. The van der Waals surface area contributed by atoms with Crippen molar-refractivity contribution in [2.45, 2.75) is 6.04 Å². The van der Waals surface area contributed by atoms with Gasteiger partial charge >= 0.3 is 0 Å². The Kier molecular flexibility index (Phi) is 6.55. The molecule has 1 aliphatic heterocycles. The molecule has 1 amide bonds. The molecule has 144 valence electrons. The molecule has 9 heteroatoms. The van der Waals surface area contributed by atoms with E-state index in [0.29, 0.717) is 19.7 Å². The number of ether oxygens (including phenoxy) is 1. The van der Waals surface area contributed by atoms with E-state index in [1.165, 1.54) is 18.3 Å².